The Kier molecular flexibility index (Phi) is 2.81. The highest BCUT2D eigenvalue weighted by atomic mass is 35.5. The first-order valence-corrected chi connectivity index (χ1v) is 7.76. The van der Waals surface area contributed by atoms with Crippen molar-refractivity contribution in [2.45, 2.75) is 31.7 Å². The van der Waals surface area contributed by atoms with E-state index in [1.807, 2.05) is 18.2 Å². The van der Waals surface area contributed by atoms with E-state index >= 15 is 0 Å². The second-order valence-electron chi connectivity index (χ2n) is 6.16. The van der Waals surface area contributed by atoms with E-state index in [1.165, 1.54) is 5.56 Å². The summed E-state index contributed by atoms with van der Waals surface area (Å²) in [7, 11) is 0. The third-order valence-corrected chi connectivity index (χ3v) is 5.37. The third kappa shape index (κ3) is 1.75. The van der Waals surface area contributed by atoms with Gasteiger partial charge in [0.15, 0.2) is 0 Å². The van der Waals surface area contributed by atoms with Gasteiger partial charge in [0.1, 0.15) is 0 Å². The average molecular weight is 305 g/mol. The Labute approximate surface area is 127 Å². The lowest BCUT2D eigenvalue weighted by atomic mass is 9.62. The van der Waals surface area contributed by atoms with Gasteiger partial charge in [-0.15, -0.1) is 0 Å². The van der Waals surface area contributed by atoms with Gasteiger partial charge in [-0.05, 0) is 49.6 Å². The van der Waals surface area contributed by atoms with Crippen molar-refractivity contribution in [2.24, 2.45) is 5.41 Å². The standard InChI is InChI=1S/C16H17ClN2O2/c17-9-2-3-12-11(8-9)10-4-7-18-14(13(10)19-12)16(15(20)21)5-1-6-16/h2-3,8,14,18-19H,1,4-7H2,(H,20,21). The highest BCUT2D eigenvalue weighted by Crippen LogP contribution is 2.52. The number of benzene rings is 1. The normalized spacial score (nSPS) is 23.6. The summed E-state index contributed by atoms with van der Waals surface area (Å²) in [6.07, 6.45) is 3.39. The van der Waals surface area contributed by atoms with Crippen LogP contribution in [0.4, 0.5) is 0 Å². The van der Waals surface area contributed by atoms with E-state index < -0.39 is 11.4 Å². The van der Waals surface area contributed by atoms with E-state index in [0.29, 0.717) is 0 Å². The maximum absolute atomic E-state index is 11.8. The van der Waals surface area contributed by atoms with Crippen LogP contribution in [0.15, 0.2) is 18.2 Å². The van der Waals surface area contributed by atoms with Crippen molar-refractivity contribution in [2.75, 3.05) is 6.54 Å². The number of nitrogens with one attached hydrogen (secondary N) is 2. The minimum absolute atomic E-state index is 0.126. The molecule has 21 heavy (non-hydrogen) atoms. The van der Waals surface area contributed by atoms with Crippen LogP contribution in [0.25, 0.3) is 10.9 Å². The summed E-state index contributed by atoms with van der Waals surface area (Å²) in [5.41, 5.74) is 2.65. The van der Waals surface area contributed by atoms with Crippen LogP contribution in [-0.4, -0.2) is 22.6 Å². The number of carboxylic acids is 1. The van der Waals surface area contributed by atoms with Gasteiger partial charge in [-0.3, -0.25) is 4.79 Å². The second kappa shape index (κ2) is 4.49. The monoisotopic (exact) mass is 304 g/mol. The van der Waals surface area contributed by atoms with Crippen LogP contribution in [0.3, 0.4) is 0 Å². The van der Waals surface area contributed by atoms with Gasteiger partial charge in [-0.25, -0.2) is 0 Å². The van der Waals surface area contributed by atoms with Gasteiger partial charge in [0, 0.05) is 21.6 Å². The summed E-state index contributed by atoms with van der Waals surface area (Å²) in [5.74, 6) is -0.684. The van der Waals surface area contributed by atoms with Gasteiger partial charge in [0.05, 0.1) is 11.5 Å². The number of aliphatic carboxylic acids is 1. The summed E-state index contributed by atoms with van der Waals surface area (Å²) < 4.78 is 0. The predicted molar refractivity (Wildman–Crippen MR) is 81.7 cm³/mol. The van der Waals surface area contributed by atoms with Crippen LogP contribution < -0.4 is 5.32 Å². The number of rotatable bonds is 2. The fourth-order valence-electron chi connectivity index (χ4n) is 3.86. The lowest BCUT2D eigenvalue weighted by molar-refractivity contribution is -0.158. The first kappa shape index (κ1) is 13.2. The predicted octanol–water partition coefficient (Wildman–Crippen LogP) is 3.26. The molecule has 1 aliphatic carbocycles. The molecule has 5 heteroatoms. The highest BCUT2D eigenvalue weighted by molar-refractivity contribution is 6.31. The third-order valence-electron chi connectivity index (χ3n) is 5.14. The molecule has 0 radical (unpaired) electrons. The van der Waals surface area contributed by atoms with Crippen molar-refractivity contribution in [3.05, 3.63) is 34.5 Å². The number of halogens is 1. The van der Waals surface area contributed by atoms with Gasteiger partial charge < -0.3 is 15.4 Å². The molecule has 2 aliphatic rings. The molecule has 4 rings (SSSR count). The zero-order valence-corrected chi connectivity index (χ0v) is 12.3. The van der Waals surface area contributed by atoms with Gasteiger partial charge in [-0.1, -0.05) is 18.0 Å². The highest BCUT2D eigenvalue weighted by Gasteiger charge is 2.52. The minimum Gasteiger partial charge on any atom is -0.481 e. The van der Waals surface area contributed by atoms with Gasteiger partial charge in [0.2, 0.25) is 0 Å². The van der Waals surface area contributed by atoms with Crippen LogP contribution >= 0.6 is 11.6 Å². The number of aromatic amines is 1. The molecule has 1 atom stereocenters. The average Bonchev–Trinajstić information content (AvgIpc) is 2.76. The molecule has 2 heterocycles. The molecule has 1 aromatic carbocycles. The molecule has 1 unspecified atom stereocenters. The molecule has 0 spiro atoms. The summed E-state index contributed by atoms with van der Waals surface area (Å²) in [6.45, 7) is 0.812. The molecule has 0 amide bonds. The molecular formula is C16H17ClN2O2. The smallest absolute Gasteiger partial charge is 0.311 e. The quantitative estimate of drug-likeness (QED) is 0.798. The Morgan fingerprint density at radius 2 is 2.19 bits per heavy atom. The SMILES string of the molecule is O=C(O)C1(C2NCCc3c2[nH]c2ccc(Cl)cc32)CCC1. The molecular weight excluding hydrogens is 288 g/mol. The van der Waals surface area contributed by atoms with Crippen molar-refractivity contribution in [1.29, 1.82) is 0 Å². The van der Waals surface area contributed by atoms with E-state index in [4.69, 9.17) is 11.6 Å². The lowest BCUT2D eigenvalue weighted by Gasteiger charge is -2.45. The summed E-state index contributed by atoms with van der Waals surface area (Å²) in [5, 5.41) is 15.0. The Morgan fingerprint density at radius 3 is 2.86 bits per heavy atom. The Morgan fingerprint density at radius 1 is 1.38 bits per heavy atom. The van der Waals surface area contributed by atoms with Crippen molar-refractivity contribution in [1.82, 2.24) is 10.3 Å². The fourth-order valence-corrected chi connectivity index (χ4v) is 4.03. The number of hydrogen-bond acceptors (Lipinski definition) is 2. The molecule has 1 fully saturated rings. The maximum Gasteiger partial charge on any atom is 0.311 e. The van der Waals surface area contributed by atoms with Gasteiger partial charge in [-0.2, -0.15) is 0 Å². The van der Waals surface area contributed by atoms with Crippen molar-refractivity contribution in [3.63, 3.8) is 0 Å². The molecule has 1 aromatic heterocycles. The van der Waals surface area contributed by atoms with E-state index in [2.05, 4.69) is 10.3 Å². The number of carbonyl (C=O) groups is 1. The number of carboxylic acid groups (broad SMARTS) is 1. The number of hydrogen-bond donors (Lipinski definition) is 3. The summed E-state index contributed by atoms with van der Waals surface area (Å²) >= 11 is 6.11. The first-order valence-electron chi connectivity index (χ1n) is 7.38. The molecule has 2 aromatic rings. The first-order chi connectivity index (χ1) is 10.1. The zero-order chi connectivity index (χ0) is 14.6. The number of H-pyrrole nitrogens is 1. The van der Waals surface area contributed by atoms with Crippen molar-refractivity contribution < 1.29 is 9.90 Å². The molecule has 3 N–H and O–H groups in total. The van der Waals surface area contributed by atoms with Crippen molar-refractivity contribution in [3.8, 4) is 0 Å². The van der Waals surface area contributed by atoms with Gasteiger partial charge in [0.25, 0.3) is 0 Å². The number of aromatic nitrogens is 1. The molecule has 1 saturated carbocycles. The largest absolute Gasteiger partial charge is 0.481 e. The molecule has 1 aliphatic heterocycles. The van der Waals surface area contributed by atoms with Gasteiger partial charge >= 0.3 is 5.97 Å². The Bertz CT molecular complexity index is 733. The molecule has 0 bridgehead atoms. The second-order valence-corrected chi connectivity index (χ2v) is 6.60. The molecule has 4 nitrogen and oxygen atoms in total. The van der Waals surface area contributed by atoms with Crippen LogP contribution in [-0.2, 0) is 11.2 Å². The van der Waals surface area contributed by atoms with Crippen LogP contribution in [0.1, 0.15) is 36.6 Å². The topological polar surface area (TPSA) is 65.1 Å². The minimum atomic E-state index is -0.684. The van der Waals surface area contributed by atoms with E-state index in [-0.39, 0.29) is 6.04 Å². The summed E-state index contributed by atoms with van der Waals surface area (Å²) in [4.78, 5) is 15.2. The van der Waals surface area contributed by atoms with E-state index in [1.54, 1.807) is 0 Å². The Balaban J connectivity index is 1.88. The van der Waals surface area contributed by atoms with Crippen LogP contribution in [0, 0.1) is 5.41 Å². The lowest BCUT2D eigenvalue weighted by Crippen LogP contribution is -2.50. The van der Waals surface area contributed by atoms with E-state index in [0.717, 1.165) is 53.8 Å². The fraction of sp³-hybridized carbons (Fsp3) is 0.438. The van der Waals surface area contributed by atoms with Crippen molar-refractivity contribution >= 4 is 28.5 Å². The molecule has 0 saturated heterocycles. The summed E-state index contributed by atoms with van der Waals surface area (Å²) in [6, 6.07) is 5.69. The molecule has 110 valence electrons. The zero-order valence-electron chi connectivity index (χ0n) is 11.6. The number of fused-ring (bicyclic) bond motifs is 3. The van der Waals surface area contributed by atoms with E-state index in [9.17, 15) is 9.90 Å². The maximum atomic E-state index is 11.8. The van der Waals surface area contributed by atoms with Crippen LogP contribution in [0.5, 0.6) is 0 Å². The Hall–Kier alpha value is -1.52. The van der Waals surface area contributed by atoms with Crippen LogP contribution in [0.2, 0.25) is 5.02 Å².